The van der Waals surface area contributed by atoms with Crippen LogP contribution >= 0.6 is 0 Å². The van der Waals surface area contributed by atoms with Crippen LogP contribution in [0, 0.1) is 5.92 Å². The lowest BCUT2D eigenvalue weighted by molar-refractivity contribution is 0.0933. The quantitative estimate of drug-likeness (QED) is 0.626. The van der Waals surface area contributed by atoms with Gasteiger partial charge in [-0.15, -0.1) is 0 Å². The molecule has 0 spiro atoms. The second kappa shape index (κ2) is 8.12. The summed E-state index contributed by atoms with van der Waals surface area (Å²) in [6.45, 7) is 4.08. The molecule has 0 bridgehead atoms. The summed E-state index contributed by atoms with van der Waals surface area (Å²) in [6, 6.07) is 0.592. The monoisotopic (exact) mass is 213 g/mol. The van der Waals surface area contributed by atoms with Crippen LogP contribution in [0.5, 0.6) is 0 Å². The zero-order valence-corrected chi connectivity index (χ0v) is 10.4. The van der Waals surface area contributed by atoms with Gasteiger partial charge >= 0.3 is 0 Å². The van der Waals surface area contributed by atoms with E-state index in [1.807, 2.05) is 0 Å². The number of likely N-dealkylation sites (N-methyl/N-ethyl adjacent to an activating group) is 1. The van der Waals surface area contributed by atoms with Crippen molar-refractivity contribution in [3.8, 4) is 0 Å². The molecule has 1 fully saturated rings. The number of hydrogen-bond acceptors (Lipinski definition) is 2. The minimum Gasteiger partial charge on any atom is -0.380 e. The van der Waals surface area contributed by atoms with Gasteiger partial charge in [0.05, 0.1) is 6.61 Å². The minimum atomic E-state index is 0.592. The summed E-state index contributed by atoms with van der Waals surface area (Å²) in [5.74, 6) is 0.862. The van der Waals surface area contributed by atoms with Gasteiger partial charge in [-0.25, -0.2) is 0 Å². The molecule has 0 aliphatic heterocycles. The number of ether oxygens (including phenoxy) is 1. The van der Waals surface area contributed by atoms with E-state index in [1.54, 1.807) is 0 Å². The molecule has 1 atom stereocenters. The summed E-state index contributed by atoms with van der Waals surface area (Å²) >= 11 is 0. The van der Waals surface area contributed by atoms with E-state index in [4.69, 9.17) is 4.74 Å². The van der Waals surface area contributed by atoms with E-state index in [2.05, 4.69) is 19.3 Å². The lowest BCUT2D eigenvalue weighted by Gasteiger charge is -2.22. The Labute approximate surface area is 94.8 Å². The molecule has 1 aliphatic rings. The molecule has 0 aromatic carbocycles. The largest absolute Gasteiger partial charge is 0.380 e. The molecule has 0 saturated heterocycles. The fourth-order valence-corrected chi connectivity index (χ4v) is 2.48. The molecule has 0 heterocycles. The van der Waals surface area contributed by atoms with Crippen LogP contribution < -0.4 is 5.32 Å². The van der Waals surface area contributed by atoms with Gasteiger partial charge in [-0.2, -0.15) is 0 Å². The first-order valence-corrected chi connectivity index (χ1v) is 6.63. The third-order valence-electron chi connectivity index (χ3n) is 3.53. The van der Waals surface area contributed by atoms with Crippen molar-refractivity contribution in [3.63, 3.8) is 0 Å². The standard InChI is InChI=1S/C13H27NO/c1-3-4-7-10-15-11-13(14-2)12-8-5-6-9-12/h12-14H,3-11H2,1-2H3. The molecule has 2 heteroatoms. The Hall–Kier alpha value is -0.0800. The first-order valence-electron chi connectivity index (χ1n) is 6.63. The van der Waals surface area contributed by atoms with Crippen molar-refractivity contribution >= 4 is 0 Å². The van der Waals surface area contributed by atoms with E-state index < -0.39 is 0 Å². The Morgan fingerprint density at radius 2 is 2.00 bits per heavy atom. The van der Waals surface area contributed by atoms with Crippen LogP contribution in [0.15, 0.2) is 0 Å². The first-order chi connectivity index (χ1) is 7.38. The maximum Gasteiger partial charge on any atom is 0.0622 e. The highest BCUT2D eigenvalue weighted by Gasteiger charge is 2.23. The van der Waals surface area contributed by atoms with Crippen molar-refractivity contribution in [3.05, 3.63) is 0 Å². The lowest BCUT2D eigenvalue weighted by atomic mass is 9.99. The highest BCUT2D eigenvalue weighted by molar-refractivity contribution is 4.79. The van der Waals surface area contributed by atoms with Crippen LogP contribution in [0.3, 0.4) is 0 Å². The fraction of sp³-hybridized carbons (Fsp3) is 1.00. The van der Waals surface area contributed by atoms with Gasteiger partial charge in [-0.1, -0.05) is 32.6 Å². The van der Waals surface area contributed by atoms with Crippen molar-refractivity contribution in [2.24, 2.45) is 5.92 Å². The van der Waals surface area contributed by atoms with E-state index >= 15 is 0 Å². The zero-order valence-electron chi connectivity index (χ0n) is 10.4. The zero-order chi connectivity index (χ0) is 10.9. The van der Waals surface area contributed by atoms with Crippen LogP contribution in [0.2, 0.25) is 0 Å². The molecule has 1 unspecified atom stereocenters. The molecule has 0 aromatic heterocycles. The average Bonchev–Trinajstić information content (AvgIpc) is 2.77. The third kappa shape index (κ3) is 4.98. The predicted octanol–water partition coefficient (Wildman–Crippen LogP) is 2.97. The number of hydrogen-bond donors (Lipinski definition) is 1. The number of nitrogens with one attached hydrogen (secondary N) is 1. The number of unbranched alkanes of at least 4 members (excludes halogenated alkanes) is 2. The molecule has 90 valence electrons. The maximum atomic E-state index is 5.74. The summed E-state index contributed by atoms with van der Waals surface area (Å²) in [5, 5.41) is 3.41. The van der Waals surface area contributed by atoms with Crippen LogP contribution in [0.1, 0.15) is 51.9 Å². The summed E-state index contributed by atoms with van der Waals surface area (Å²) in [4.78, 5) is 0. The van der Waals surface area contributed by atoms with Crippen LogP contribution in [-0.4, -0.2) is 26.3 Å². The molecule has 2 nitrogen and oxygen atoms in total. The normalized spacial score (nSPS) is 19.6. The van der Waals surface area contributed by atoms with Crippen LogP contribution in [0.25, 0.3) is 0 Å². The molecule has 0 amide bonds. The van der Waals surface area contributed by atoms with Gasteiger partial charge in [-0.3, -0.25) is 0 Å². The van der Waals surface area contributed by atoms with E-state index in [1.165, 1.54) is 44.9 Å². The topological polar surface area (TPSA) is 21.3 Å². The summed E-state index contributed by atoms with van der Waals surface area (Å²) in [7, 11) is 2.07. The smallest absolute Gasteiger partial charge is 0.0622 e. The van der Waals surface area contributed by atoms with E-state index in [-0.39, 0.29) is 0 Å². The predicted molar refractivity (Wildman–Crippen MR) is 65.1 cm³/mol. The van der Waals surface area contributed by atoms with Gasteiger partial charge in [-0.05, 0) is 32.2 Å². The SMILES string of the molecule is CCCCCOCC(NC)C1CCCC1. The van der Waals surface area contributed by atoms with Gasteiger partial charge in [0.2, 0.25) is 0 Å². The van der Waals surface area contributed by atoms with Crippen LogP contribution in [-0.2, 0) is 4.74 Å². The van der Waals surface area contributed by atoms with Crippen molar-refractivity contribution in [2.75, 3.05) is 20.3 Å². The Morgan fingerprint density at radius 3 is 2.60 bits per heavy atom. The second-order valence-corrected chi connectivity index (χ2v) is 4.72. The molecule has 1 aliphatic carbocycles. The van der Waals surface area contributed by atoms with E-state index in [9.17, 15) is 0 Å². The molecule has 1 saturated carbocycles. The molecule has 1 N–H and O–H groups in total. The molecule has 15 heavy (non-hydrogen) atoms. The third-order valence-corrected chi connectivity index (χ3v) is 3.53. The average molecular weight is 213 g/mol. The summed E-state index contributed by atoms with van der Waals surface area (Å²) in [6.07, 6.45) is 9.41. The van der Waals surface area contributed by atoms with Gasteiger partial charge in [0, 0.05) is 12.6 Å². The Bertz CT molecular complexity index is 143. The molecule has 0 aromatic rings. The molecular formula is C13H27NO. The van der Waals surface area contributed by atoms with Crippen molar-refractivity contribution in [2.45, 2.75) is 57.9 Å². The lowest BCUT2D eigenvalue weighted by Crippen LogP contribution is -2.36. The highest BCUT2D eigenvalue weighted by Crippen LogP contribution is 2.27. The summed E-state index contributed by atoms with van der Waals surface area (Å²) in [5.41, 5.74) is 0. The van der Waals surface area contributed by atoms with Crippen molar-refractivity contribution < 1.29 is 4.74 Å². The summed E-state index contributed by atoms with van der Waals surface area (Å²) < 4.78 is 5.74. The fourth-order valence-electron chi connectivity index (χ4n) is 2.48. The van der Waals surface area contributed by atoms with Crippen molar-refractivity contribution in [1.29, 1.82) is 0 Å². The minimum absolute atomic E-state index is 0.592. The van der Waals surface area contributed by atoms with E-state index in [0.717, 1.165) is 19.1 Å². The molecule has 0 radical (unpaired) electrons. The Morgan fingerprint density at radius 1 is 1.27 bits per heavy atom. The molecular weight excluding hydrogens is 186 g/mol. The van der Waals surface area contributed by atoms with Crippen molar-refractivity contribution in [1.82, 2.24) is 5.32 Å². The maximum absolute atomic E-state index is 5.74. The van der Waals surface area contributed by atoms with Gasteiger partial charge in [0.15, 0.2) is 0 Å². The van der Waals surface area contributed by atoms with E-state index in [0.29, 0.717) is 6.04 Å². The molecule has 1 rings (SSSR count). The van der Waals surface area contributed by atoms with Gasteiger partial charge in [0.1, 0.15) is 0 Å². The van der Waals surface area contributed by atoms with Gasteiger partial charge < -0.3 is 10.1 Å². The van der Waals surface area contributed by atoms with Crippen LogP contribution in [0.4, 0.5) is 0 Å². The van der Waals surface area contributed by atoms with Gasteiger partial charge in [0.25, 0.3) is 0 Å². The second-order valence-electron chi connectivity index (χ2n) is 4.72. The Balaban J connectivity index is 2.05. The highest BCUT2D eigenvalue weighted by atomic mass is 16.5. The Kier molecular flexibility index (Phi) is 7.03. The first kappa shape index (κ1) is 13.0. The number of rotatable bonds is 8.